The van der Waals surface area contributed by atoms with Crippen LogP contribution < -0.4 is 4.74 Å². The lowest BCUT2D eigenvalue weighted by Crippen LogP contribution is -2.25. The van der Waals surface area contributed by atoms with Crippen LogP contribution >= 0.6 is 11.3 Å². The van der Waals surface area contributed by atoms with Gasteiger partial charge in [-0.2, -0.15) is 0 Å². The molecule has 0 unspecified atom stereocenters. The second-order valence-electron chi connectivity index (χ2n) is 6.99. The van der Waals surface area contributed by atoms with E-state index in [1.54, 1.807) is 35.5 Å². The predicted molar refractivity (Wildman–Crippen MR) is 112 cm³/mol. The zero-order valence-corrected chi connectivity index (χ0v) is 17.0. The van der Waals surface area contributed by atoms with Gasteiger partial charge in [-0.25, -0.2) is 14.5 Å². The highest BCUT2D eigenvalue weighted by molar-refractivity contribution is 7.19. The monoisotopic (exact) mass is 408 g/mol. The number of likely N-dealkylation sites (N-methyl/N-ethyl adjacent to an activating group) is 1. The van der Waals surface area contributed by atoms with Crippen LogP contribution in [0.5, 0.6) is 5.75 Å². The van der Waals surface area contributed by atoms with Crippen LogP contribution in [0.1, 0.15) is 21.8 Å². The fourth-order valence-corrected chi connectivity index (χ4v) is 4.77. The molecule has 4 aromatic rings. The molecule has 0 radical (unpaired) electrons. The third-order valence-electron chi connectivity index (χ3n) is 5.00. The lowest BCUT2D eigenvalue weighted by atomic mass is 10.1. The Morgan fingerprint density at radius 1 is 1.28 bits per heavy atom. The van der Waals surface area contributed by atoms with Gasteiger partial charge in [0.15, 0.2) is 18.1 Å². The van der Waals surface area contributed by atoms with Crippen LogP contribution in [0.25, 0.3) is 15.9 Å². The Kier molecular flexibility index (Phi) is 4.61. The molecule has 148 valence electrons. The molecule has 0 bridgehead atoms. The van der Waals surface area contributed by atoms with Crippen molar-refractivity contribution in [3.63, 3.8) is 0 Å². The topological polar surface area (TPSA) is 77.1 Å². The van der Waals surface area contributed by atoms with E-state index in [1.165, 1.54) is 10.4 Å². The van der Waals surface area contributed by atoms with Gasteiger partial charge >= 0.3 is 0 Å². The first kappa shape index (κ1) is 18.0. The summed E-state index contributed by atoms with van der Waals surface area (Å²) in [6.45, 7) is 2.21. The molecule has 1 aliphatic heterocycles. The Labute approximate surface area is 171 Å². The van der Waals surface area contributed by atoms with Gasteiger partial charge in [0.1, 0.15) is 16.9 Å². The third kappa shape index (κ3) is 3.43. The van der Waals surface area contributed by atoms with Crippen molar-refractivity contribution in [2.24, 2.45) is 5.16 Å². The molecule has 8 nitrogen and oxygen atoms in total. The smallest absolute Gasteiger partial charge is 0.192 e. The molecule has 0 aliphatic carbocycles. The van der Waals surface area contributed by atoms with Gasteiger partial charge in [-0.05, 0) is 48.9 Å². The first-order valence-electron chi connectivity index (χ1n) is 9.33. The number of hydrogen-bond donors (Lipinski definition) is 0. The number of benzene rings is 1. The number of thiophene rings is 1. The highest BCUT2D eigenvalue weighted by Gasteiger charge is 2.22. The van der Waals surface area contributed by atoms with Crippen LogP contribution in [0, 0.1) is 0 Å². The van der Waals surface area contributed by atoms with Crippen LogP contribution in [0.15, 0.2) is 35.7 Å². The lowest BCUT2D eigenvalue weighted by molar-refractivity contribution is 0.126. The molecular formula is C20H20N6O2S. The summed E-state index contributed by atoms with van der Waals surface area (Å²) in [6.07, 6.45) is 4.39. The van der Waals surface area contributed by atoms with E-state index < -0.39 is 0 Å². The molecule has 0 amide bonds. The molecule has 0 spiro atoms. The molecule has 9 heteroatoms. The Morgan fingerprint density at radius 2 is 2.14 bits per heavy atom. The van der Waals surface area contributed by atoms with Crippen molar-refractivity contribution in [1.82, 2.24) is 24.5 Å². The van der Waals surface area contributed by atoms with Gasteiger partial charge in [0.2, 0.25) is 0 Å². The van der Waals surface area contributed by atoms with E-state index in [0.29, 0.717) is 5.82 Å². The van der Waals surface area contributed by atoms with Gasteiger partial charge in [-0.15, -0.1) is 16.4 Å². The number of ether oxygens (including phenoxy) is 1. The van der Waals surface area contributed by atoms with Gasteiger partial charge < -0.3 is 14.5 Å². The minimum atomic E-state index is 0.199. The van der Waals surface area contributed by atoms with E-state index in [-0.39, 0.29) is 6.61 Å². The van der Waals surface area contributed by atoms with Crippen LogP contribution in [-0.2, 0) is 24.4 Å². The van der Waals surface area contributed by atoms with Crippen molar-refractivity contribution >= 4 is 33.4 Å². The average Bonchev–Trinajstić information content (AvgIpc) is 3.31. The summed E-state index contributed by atoms with van der Waals surface area (Å²) in [4.78, 5) is 19.4. The van der Waals surface area contributed by atoms with Crippen molar-refractivity contribution < 1.29 is 9.57 Å². The molecule has 0 atom stereocenters. The summed E-state index contributed by atoms with van der Waals surface area (Å²) < 4.78 is 6.88. The highest BCUT2D eigenvalue weighted by atomic mass is 32.1. The zero-order valence-electron chi connectivity index (χ0n) is 16.2. The summed E-state index contributed by atoms with van der Waals surface area (Å²) in [5.74, 6) is 1.39. The number of rotatable bonds is 5. The second kappa shape index (κ2) is 7.41. The van der Waals surface area contributed by atoms with Crippen LogP contribution in [0.4, 0.5) is 0 Å². The minimum absolute atomic E-state index is 0.199. The summed E-state index contributed by atoms with van der Waals surface area (Å²) in [6, 6.07) is 7.58. The maximum atomic E-state index is 5.41. The second-order valence-corrected chi connectivity index (χ2v) is 8.08. The van der Waals surface area contributed by atoms with Gasteiger partial charge in [0.25, 0.3) is 0 Å². The van der Waals surface area contributed by atoms with Crippen molar-refractivity contribution in [1.29, 1.82) is 0 Å². The highest BCUT2D eigenvalue weighted by Crippen LogP contribution is 2.35. The normalized spacial score (nSPS) is 14.7. The van der Waals surface area contributed by atoms with Gasteiger partial charge in [0, 0.05) is 18.0 Å². The number of oxime groups is 1. The fourth-order valence-electron chi connectivity index (χ4n) is 3.51. The van der Waals surface area contributed by atoms with Crippen molar-refractivity contribution in [3.8, 4) is 5.75 Å². The molecule has 0 fully saturated rings. The summed E-state index contributed by atoms with van der Waals surface area (Å²) >= 11 is 1.75. The third-order valence-corrected chi connectivity index (χ3v) is 6.12. The number of nitrogens with zero attached hydrogens (tertiary/aromatic N) is 6. The first-order valence-corrected chi connectivity index (χ1v) is 10.2. The number of methoxy groups -OCH3 is 1. The largest absolute Gasteiger partial charge is 0.497 e. The maximum Gasteiger partial charge on any atom is 0.192 e. The van der Waals surface area contributed by atoms with E-state index in [2.05, 4.69) is 27.2 Å². The molecular weight excluding hydrogens is 388 g/mol. The summed E-state index contributed by atoms with van der Waals surface area (Å²) in [7, 11) is 3.79. The zero-order chi connectivity index (χ0) is 19.8. The van der Waals surface area contributed by atoms with E-state index in [4.69, 9.17) is 14.6 Å². The van der Waals surface area contributed by atoms with E-state index in [9.17, 15) is 0 Å². The molecule has 5 rings (SSSR count). The van der Waals surface area contributed by atoms with Crippen LogP contribution in [0.2, 0.25) is 0 Å². The molecule has 0 saturated carbocycles. The molecule has 4 heterocycles. The minimum Gasteiger partial charge on any atom is -0.497 e. The lowest BCUT2D eigenvalue weighted by Gasteiger charge is -2.21. The van der Waals surface area contributed by atoms with E-state index in [0.717, 1.165) is 46.7 Å². The number of hydrogen-bond acceptors (Lipinski definition) is 8. The molecule has 1 aromatic carbocycles. The van der Waals surface area contributed by atoms with Crippen molar-refractivity contribution in [2.75, 3.05) is 20.7 Å². The Bertz CT molecular complexity index is 1200. The fraction of sp³-hybridized carbons (Fsp3) is 0.300. The average molecular weight is 408 g/mol. The van der Waals surface area contributed by atoms with E-state index in [1.807, 2.05) is 24.3 Å². The first-order chi connectivity index (χ1) is 14.2. The molecule has 29 heavy (non-hydrogen) atoms. The Balaban J connectivity index is 1.35. The number of aromatic nitrogens is 4. The molecule has 1 aliphatic rings. The van der Waals surface area contributed by atoms with Gasteiger partial charge in [-0.1, -0.05) is 5.16 Å². The number of fused-ring (bicyclic) bond motifs is 5. The van der Waals surface area contributed by atoms with Crippen molar-refractivity contribution in [3.05, 3.63) is 52.4 Å². The molecule has 3 aromatic heterocycles. The quantitative estimate of drug-likeness (QED) is 0.373. The Morgan fingerprint density at radius 3 is 2.97 bits per heavy atom. The molecule has 0 N–H and O–H groups in total. The van der Waals surface area contributed by atoms with Gasteiger partial charge in [0.05, 0.1) is 18.7 Å². The van der Waals surface area contributed by atoms with Crippen LogP contribution in [-0.4, -0.2) is 51.4 Å². The van der Waals surface area contributed by atoms with Crippen molar-refractivity contribution in [2.45, 2.75) is 19.6 Å². The molecule has 0 saturated heterocycles. The summed E-state index contributed by atoms with van der Waals surface area (Å²) in [5.41, 5.74) is 3.13. The Hall–Kier alpha value is -3.04. The van der Waals surface area contributed by atoms with E-state index >= 15 is 0 Å². The maximum absolute atomic E-state index is 5.41. The SMILES string of the molecule is COc1ccc(C=NOCc2nc3c4c5c(sc4ncn3n2)CN(C)CC5)cc1. The summed E-state index contributed by atoms with van der Waals surface area (Å²) in [5, 5.41) is 9.64. The predicted octanol–water partition coefficient (Wildman–Crippen LogP) is 2.89. The van der Waals surface area contributed by atoms with Crippen LogP contribution in [0.3, 0.4) is 0 Å². The van der Waals surface area contributed by atoms with Gasteiger partial charge in [-0.3, -0.25) is 0 Å². The standard InChI is InChI=1S/C20H20N6O2S/c1-25-8-7-15-16(10-25)29-20-18(15)19-23-17(24-26(19)12-21-20)11-28-22-9-13-3-5-14(27-2)6-4-13/h3-6,9,12H,7-8,10-11H2,1-2H3.